The molecule has 2 heteroatoms. The molecular weight excluding hydrogens is 653 g/mol. The first-order chi connectivity index (χ1) is 26.8. The summed E-state index contributed by atoms with van der Waals surface area (Å²) < 4.78 is 0. The van der Waals surface area contributed by atoms with Crippen molar-refractivity contribution < 1.29 is 0 Å². The zero-order valence-corrected chi connectivity index (χ0v) is 29.7. The zero-order valence-electron chi connectivity index (χ0n) is 29.7. The summed E-state index contributed by atoms with van der Waals surface area (Å²) in [4.78, 5) is 10.4. The van der Waals surface area contributed by atoms with Gasteiger partial charge in [0.25, 0.3) is 0 Å². The maximum atomic E-state index is 5.22. The summed E-state index contributed by atoms with van der Waals surface area (Å²) in [6, 6.07) is 77.1. The van der Waals surface area contributed by atoms with Crippen LogP contribution in [0.5, 0.6) is 0 Å². The molecule has 0 fully saturated rings. The van der Waals surface area contributed by atoms with Crippen LogP contribution in [0.3, 0.4) is 0 Å². The molecule has 8 aromatic carbocycles. The first kappa shape index (κ1) is 32.7. The molecule has 1 aromatic heterocycles. The molecule has 2 nitrogen and oxygen atoms in total. The molecule has 0 N–H and O–H groups in total. The van der Waals surface area contributed by atoms with E-state index in [9.17, 15) is 0 Å². The van der Waals surface area contributed by atoms with Crippen molar-refractivity contribution in [2.45, 2.75) is 0 Å². The molecule has 9 rings (SSSR count). The molecule has 0 unspecified atom stereocenters. The summed E-state index contributed by atoms with van der Waals surface area (Å²) in [6.45, 7) is 0. The highest BCUT2D eigenvalue weighted by atomic mass is 14.9. The van der Waals surface area contributed by atoms with Gasteiger partial charge in [0.1, 0.15) is 0 Å². The number of aromatic nitrogens is 2. The Morgan fingerprint density at radius 3 is 1.06 bits per heavy atom. The van der Waals surface area contributed by atoms with Gasteiger partial charge in [-0.25, -0.2) is 9.97 Å². The number of nitrogens with zero attached hydrogens (tertiary/aromatic N) is 2. The minimum atomic E-state index is 0.696. The minimum absolute atomic E-state index is 0.696. The topological polar surface area (TPSA) is 25.8 Å². The predicted octanol–water partition coefficient (Wildman–Crippen LogP) is 13.8. The molecule has 0 saturated carbocycles. The van der Waals surface area contributed by atoms with Crippen LogP contribution in [0, 0.1) is 0 Å². The lowest BCUT2D eigenvalue weighted by atomic mass is 9.86. The third kappa shape index (κ3) is 6.77. The highest BCUT2D eigenvalue weighted by Crippen LogP contribution is 2.42. The molecule has 0 aliphatic carbocycles. The summed E-state index contributed by atoms with van der Waals surface area (Å²) in [6.07, 6.45) is 0. The van der Waals surface area contributed by atoms with E-state index in [1.54, 1.807) is 0 Å². The van der Waals surface area contributed by atoms with Crippen molar-refractivity contribution in [1.29, 1.82) is 0 Å². The first-order valence-corrected chi connectivity index (χ1v) is 18.3. The van der Waals surface area contributed by atoms with Crippen LogP contribution in [-0.2, 0) is 0 Å². The number of hydrogen-bond donors (Lipinski definition) is 0. The predicted molar refractivity (Wildman–Crippen MR) is 226 cm³/mol. The number of rotatable bonds is 8. The fourth-order valence-corrected chi connectivity index (χ4v) is 7.19. The van der Waals surface area contributed by atoms with Gasteiger partial charge in [0.2, 0.25) is 0 Å². The van der Waals surface area contributed by atoms with Gasteiger partial charge in [0.15, 0.2) is 5.82 Å². The monoisotopic (exact) mass is 688 g/mol. The van der Waals surface area contributed by atoms with Crippen LogP contribution in [0.4, 0.5) is 0 Å². The van der Waals surface area contributed by atoms with Gasteiger partial charge in [0, 0.05) is 16.7 Å². The average Bonchev–Trinajstić information content (AvgIpc) is 3.27. The van der Waals surface area contributed by atoms with Gasteiger partial charge in [0.05, 0.1) is 11.4 Å². The highest BCUT2D eigenvalue weighted by molar-refractivity contribution is 5.95. The maximum Gasteiger partial charge on any atom is 0.160 e. The lowest BCUT2D eigenvalue weighted by Crippen LogP contribution is -1.97. The summed E-state index contributed by atoms with van der Waals surface area (Å²) >= 11 is 0. The van der Waals surface area contributed by atoms with Crippen molar-refractivity contribution in [3.05, 3.63) is 218 Å². The van der Waals surface area contributed by atoms with Gasteiger partial charge in [-0.3, -0.25) is 0 Å². The molecular formula is C52H36N2. The van der Waals surface area contributed by atoms with Crippen LogP contribution < -0.4 is 0 Å². The van der Waals surface area contributed by atoms with Gasteiger partial charge in [-0.05, 0) is 79.9 Å². The summed E-state index contributed by atoms with van der Waals surface area (Å²) in [5.41, 5.74) is 16.5. The molecule has 0 atom stereocenters. The van der Waals surface area contributed by atoms with Crippen molar-refractivity contribution >= 4 is 0 Å². The van der Waals surface area contributed by atoms with E-state index in [0.29, 0.717) is 5.82 Å². The lowest BCUT2D eigenvalue weighted by Gasteiger charge is -2.18. The lowest BCUT2D eigenvalue weighted by molar-refractivity contribution is 1.18. The maximum absolute atomic E-state index is 5.22. The van der Waals surface area contributed by atoms with E-state index in [0.717, 1.165) is 50.3 Å². The van der Waals surface area contributed by atoms with Crippen molar-refractivity contribution in [3.63, 3.8) is 0 Å². The van der Waals surface area contributed by atoms with Crippen molar-refractivity contribution in [2.24, 2.45) is 0 Å². The fraction of sp³-hybridized carbons (Fsp3) is 0. The van der Waals surface area contributed by atoms with E-state index in [-0.39, 0.29) is 0 Å². The zero-order chi connectivity index (χ0) is 36.1. The van der Waals surface area contributed by atoms with Crippen molar-refractivity contribution in [1.82, 2.24) is 9.97 Å². The van der Waals surface area contributed by atoms with Gasteiger partial charge in [-0.1, -0.05) is 194 Å². The molecule has 254 valence electrons. The summed E-state index contributed by atoms with van der Waals surface area (Å²) in [7, 11) is 0. The van der Waals surface area contributed by atoms with E-state index in [1.165, 1.54) is 33.4 Å². The summed E-state index contributed by atoms with van der Waals surface area (Å²) in [5, 5.41) is 0. The molecule has 0 aliphatic rings. The molecule has 1 heterocycles. The van der Waals surface area contributed by atoms with E-state index >= 15 is 0 Å². The van der Waals surface area contributed by atoms with Gasteiger partial charge in [-0.2, -0.15) is 0 Å². The van der Waals surface area contributed by atoms with Crippen LogP contribution in [0.15, 0.2) is 218 Å². The Morgan fingerprint density at radius 1 is 0.204 bits per heavy atom. The third-order valence-electron chi connectivity index (χ3n) is 9.93. The van der Waals surface area contributed by atoms with Crippen LogP contribution in [-0.4, -0.2) is 9.97 Å². The molecule has 0 amide bonds. The Morgan fingerprint density at radius 2 is 0.556 bits per heavy atom. The van der Waals surface area contributed by atoms with Crippen LogP contribution in [0.1, 0.15) is 0 Å². The molecule has 54 heavy (non-hydrogen) atoms. The normalized spacial score (nSPS) is 11.0. The standard InChI is InChI=1S/C52H36N2/c1-6-17-37(18-7-1)42-27-16-28-44(33-42)50-36-51(54-52(53-50)41-25-14-5-15-26-41)45-30-32-47(49(35-45)40-23-12-4-13-24-40)46-31-29-43(38-19-8-2-9-20-38)34-48(46)39-21-10-3-11-22-39/h1-36H. The Hall–Kier alpha value is -7.16. The average molecular weight is 689 g/mol. The molecule has 0 saturated heterocycles. The number of benzene rings is 8. The quantitative estimate of drug-likeness (QED) is 0.159. The molecule has 0 radical (unpaired) electrons. The first-order valence-electron chi connectivity index (χ1n) is 18.3. The fourth-order valence-electron chi connectivity index (χ4n) is 7.19. The highest BCUT2D eigenvalue weighted by Gasteiger charge is 2.17. The van der Waals surface area contributed by atoms with Gasteiger partial charge < -0.3 is 0 Å². The van der Waals surface area contributed by atoms with Gasteiger partial charge in [-0.15, -0.1) is 0 Å². The largest absolute Gasteiger partial charge is 0.228 e. The second kappa shape index (κ2) is 14.8. The second-order valence-corrected chi connectivity index (χ2v) is 13.4. The van der Waals surface area contributed by atoms with Crippen LogP contribution in [0.25, 0.3) is 89.5 Å². The van der Waals surface area contributed by atoms with Crippen LogP contribution >= 0.6 is 0 Å². The second-order valence-electron chi connectivity index (χ2n) is 13.4. The Kier molecular flexibility index (Phi) is 8.99. The van der Waals surface area contributed by atoms with Gasteiger partial charge >= 0.3 is 0 Å². The SMILES string of the molecule is c1ccc(-c2cccc(-c3cc(-c4ccc(-c5ccc(-c6ccccc6)cc5-c5ccccc5)c(-c5ccccc5)c4)nc(-c4ccccc4)n3)c2)cc1. The Labute approximate surface area is 316 Å². The molecule has 0 bridgehead atoms. The third-order valence-corrected chi connectivity index (χ3v) is 9.93. The Bertz CT molecular complexity index is 2670. The van der Waals surface area contributed by atoms with E-state index < -0.39 is 0 Å². The van der Waals surface area contributed by atoms with E-state index in [2.05, 4.69) is 194 Å². The van der Waals surface area contributed by atoms with Crippen molar-refractivity contribution in [3.8, 4) is 89.5 Å². The van der Waals surface area contributed by atoms with Crippen molar-refractivity contribution in [2.75, 3.05) is 0 Å². The Balaban J connectivity index is 1.23. The van der Waals surface area contributed by atoms with E-state index in [4.69, 9.17) is 9.97 Å². The van der Waals surface area contributed by atoms with E-state index in [1.807, 2.05) is 24.3 Å². The minimum Gasteiger partial charge on any atom is -0.228 e. The molecule has 0 spiro atoms. The molecule has 0 aliphatic heterocycles. The molecule has 9 aromatic rings. The smallest absolute Gasteiger partial charge is 0.160 e. The van der Waals surface area contributed by atoms with Crippen LogP contribution in [0.2, 0.25) is 0 Å². The number of hydrogen-bond acceptors (Lipinski definition) is 2. The summed E-state index contributed by atoms with van der Waals surface area (Å²) in [5.74, 6) is 0.696.